The van der Waals surface area contributed by atoms with E-state index in [2.05, 4.69) is 4.98 Å². The van der Waals surface area contributed by atoms with Gasteiger partial charge in [0.05, 0.1) is 0 Å². The second-order valence-corrected chi connectivity index (χ2v) is 3.84. The molecule has 88 valence electrons. The maximum atomic E-state index is 11.0. The number of rotatable bonds is 2. The van der Waals surface area contributed by atoms with Crippen molar-refractivity contribution < 1.29 is 4.92 Å². The third-order valence-electron chi connectivity index (χ3n) is 2.73. The molecule has 2 aromatic heterocycles. The number of hydrogen-bond acceptors (Lipinski definition) is 3. The molecule has 0 aliphatic rings. The van der Waals surface area contributed by atoms with Gasteiger partial charge in [-0.05, 0) is 34.2 Å². The summed E-state index contributed by atoms with van der Waals surface area (Å²) in [6.07, 6.45) is 1.78. The topological polar surface area (TPSA) is 60.4 Å². The zero-order valence-corrected chi connectivity index (χ0v) is 9.35. The van der Waals surface area contributed by atoms with E-state index < -0.39 is 4.92 Å². The molecule has 0 spiro atoms. The molecular formula is C13H9N3O2. The Kier molecular flexibility index (Phi) is 2.30. The van der Waals surface area contributed by atoms with Crippen LogP contribution in [0, 0.1) is 10.1 Å². The van der Waals surface area contributed by atoms with E-state index in [1.165, 1.54) is 0 Å². The van der Waals surface area contributed by atoms with Crippen LogP contribution in [0.2, 0.25) is 0 Å². The van der Waals surface area contributed by atoms with Crippen LogP contribution in [0.3, 0.4) is 0 Å². The van der Waals surface area contributed by atoms with Crippen LogP contribution in [0.15, 0.2) is 54.7 Å². The molecule has 0 radical (unpaired) electrons. The van der Waals surface area contributed by atoms with Crippen molar-refractivity contribution in [3.8, 4) is 11.4 Å². The molecule has 5 heteroatoms. The third-order valence-corrected chi connectivity index (χ3v) is 2.73. The fourth-order valence-corrected chi connectivity index (χ4v) is 1.95. The van der Waals surface area contributed by atoms with Crippen LogP contribution in [-0.2, 0) is 0 Å². The summed E-state index contributed by atoms with van der Waals surface area (Å²) < 4.78 is 1.73. The number of hydrogen-bond donors (Lipinski definition) is 0. The number of fused-ring (bicyclic) bond motifs is 1. The van der Waals surface area contributed by atoms with Gasteiger partial charge in [-0.2, -0.15) is 0 Å². The van der Waals surface area contributed by atoms with E-state index >= 15 is 0 Å². The molecule has 18 heavy (non-hydrogen) atoms. The van der Waals surface area contributed by atoms with Crippen molar-refractivity contribution in [1.29, 1.82) is 0 Å². The third kappa shape index (κ3) is 1.53. The molecule has 0 fully saturated rings. The van der Waals surface area contributed by atoms with Crippen molar-refractivity contribution in [2.45, 2.75) is 0 Å². The number of pyridine rings is 1. The molecule has 0 aliphatic heterocycles. The first-order chi connectivity index (χ1) is 8.77. The summed E-state index contributed by atoms with van der Waals surface area (Å²) in [5.74, 6) is 0.465. The van der Waals surface area contributed by atoms with Gasteiger partial charge in [0, 0.05) is 11.8 Å². The van der Waals surface area contributed by atoms with E-state index in [0.717, 1.165) is 5.56 Å². The second-order valence-electron chi connectivity index (χ2n) is 3.84. The molecule has 1 aromatic carbocycles. The summed E-state index contributed by atoms with van der Waals surface area (Å²) in [5.41, 5.74) is 1.35. The summed E-state index contributed by atoms with van der Waals surface area (Å²) in [7, 11) is 0. The summed E-state index contributed by atoms with van der Waals surface area (Å²) in [4.78, 5) is 14.7. The Morgan fingerprint density at radius 3 is 2.50 bits per heavy atom. The lowest BCUT2D eigenvalue weighted by molar-refractivity contribution is -0.387. The Bertz CT molecular complexity index is 719. The first kappa shape index (κ1) is 10.5. The van der Waals surface area contributed by atoms with E-state index in [0.29, 0.717) is 11.3 Å². The molecule has 2 heterocycles. The van der Waals surface area contributed by atoms with Crippen LogP contribution in [-0.4, -0.2) is 14.3 Å². The molecule has 5 nitrogen and oxygen atoms in total. The largest absolute Gasteiger partial charge is 0.390 e. The molecular weight excluding hydrogens is 230 g/mol. The lowest BCUT2D eigenvalue weighted by Gasteiger charge is -1.95. The first-order valence-corrected chi connectivity index (χ1v) is 5.44. The van der Waals surface area contributed by atoms with Crippen molar-refractivity contribution in [2.75, 3.05) is 0 Å². The summed E-state index contributed by atoms with van der Waals surface area (Å²) in [6, 6.07) is 14.7. The van der Waals surface area contributed by atoms with Gasteiger partial charge in [0.15, 0.2) is 0 Å². The van der Waals surface area contributed by atoms with Crippen molar-refractivity contribution >= 4 is 11.3 Å². The van der Waals surface area contributed by atoms with Crippen molar-refractivity contribution in [2.24, 2.45) is 0 Å². The highest BCUT2D eigenvalue weighted by atomic mass is 16.6. The molecule has 0 N–H and O–H groups in total. The van der Waals surface area contributed by atoms with Crippen LogP contribution < -0.4 is 0 Å². The standard InChI is InChI=1S/C13H9N3O2/c17-16(18)13-11-8-4-5-9-15(11)12(14-13)10-6-2-1-3-7-10/h1-9H. The van der Waals surface area contributed by atoms with Crippen LogP contribution >= 0.6 is 0 Å². The minimum Gasteiger partial charge on any atom is -0.358 e. The Balaban J connectivity index is 2.34. The van der Waals surface area contributed by atoms with Gasteiger partial charge >= 0.3 is 5.82 Å². The maximum Gasteiger partial charge on any atom is 0.390 e. The lowest BCUT2D eigenvalue weighted by Crippen LogP contribution is -1.88. The van der Waals surface area contributed by atoms with Crippen LogP contribution in [0.5, 0.6) is 0 Å². The minimum atomic E-state index is -0.457. The van der Waals surface area contributed by atoms with Crippen LogP contribution in [0.4, 0.5) is 5.82 Å². The Morgan fingerprint density at radius 2 is 1.78 bits per heavy atom. The summed E-state index contributed by atoms with van der Waals surface area (Å²) in [5, 5.41) is 11.0. The van der Waals surface area contributed by atoms with E-state index in [9.17, 15) is 10.1 Å². The molecule has 3 aromatic rings. The molecule has 0 amide bonds. The fourth-order valence-electron chi connectivity index (χ4n) is 1.95. The summed E-state index contributed by atoms with van der Waals surface area (Å²) in [6.45, 7) is 0. The average Bonchev–Trinajstić information content (AvgIpc) is 2.79. The van der Waals surface area contributed by atoms with E-state index in [-0.39, 0.29) is 5.82 Å². The van der Waals surface area contributed by atoms with Gasteiger partial charge in [0.25, 0.3) is 5.82 Å². The molecule has 0 saturated carbocycles. The van der Waals surface area contributed by atoms with Gasteiger partial charge < -0.3 is 10.1 Å². The van der Waals surface area contributed by atoms with Crippen LogP contribution in [0.1, 0.15) is 0 Å². The lowest BCUT2D eigenvalue weighted by atomic mass is 10.2. The highest BCUT2D eigenvalue weighted by molar-refractivity contribution is 5.70. The van der Waals surface area contributed by atoms with Crippen LogP contribution in [0.25, 0.3) is 16.9 Å². The highest BCUT2D eigenvalue weighted by Gasteiger charge is 2.22. The number of imidazole rings is 1. The number of benzene rings is 1. The van der Waals surface area contributed by atoms with E-state index in [1.807, 2.05) is 36.4 Å². The molecule has 0 bridgehead atoms. The van der Waals surface area contributed by atoms with Gasteiger partial charge in [-0.25, -0.2) is 0 Å². The molecule has 0 unspecified atom stereocenters. The molecule has 0 aliphatic carbocycles. The zero-order valence-electron chi connectivity index (χ0n) is 9.35. The van der Waals surface area contributed by atoms with Gasteiger partial charge in [0.2, 0.25) is 0 Å². The molecule has 0 saturated heterocycles. The number of nitrogens with zero attached hydrogens (tertiary/aromatic N) is 3. The van der Waals surface area contributed by atoms with E-state index in [1.54, 1.807) is 22.7 Å². The monoisotopic (exact) mass is 239 g/mol. The number of aromatic nitrogens is 2. The van der Waals surface area contributed by atoms with Crippen molar-refractivity contribution in [3.05, 3.63) is 64.8 Å². The van der Waals surface area contributed by atoms with Gasteiger partial charge in [-0.15, -0.1) is 0 Å². The quantitative estimate of drug-likeness (QED) is 0.510. The normalized spacial score (nSPS) is 10.7. The summed E-state index contributed by atoms with van der Waals surface area (Å²) >= 11 is 0. The van der Waals surface area contributed by atoms with E-state index in [4.69, 9.17) is 0 Å². The predicted octanol–water partition coefficient (Wildman–Crippen LogP) is 2.91. The fraction of sp³-hybridized carbons (Fsp3) is 0. The average molecular weight is 239 g/mol. The minimum absolute atomic E-state index is 0.116. The Hall–Kier alpha value is -2.69. The first-order valence-electron chi connectivity index (χ1n) is 5.44. The van der Waals surface area contributed by atoms with Crippen molar-refractivity contribution in [3.63, 3.8) is 0 Å². The molecule has 3 rings (SSSR count). The van der Waals surface area contributed by atoms with Gasteiger partial charge in [-0.1, -0.05) is 24.3 Å². The zero-order chi connectivity index (χ0) is 12.5. The molecule has 0 atom stereocenters. The Labute approximate surface area is 102 Å². The van der Waals surface area contributed by atoms with Gasteiger partial charge in [0.1, 0.15) is 5.52 Å². The second kappa shape index (κ2) is 3.96. The smallest absolute Gasteiger partial charge is 0.358 e. The Morgan fingerprint density at radius 1 is 1.06 bits per heavy atom. The highest BCUT2D eigenvalue weighted by Crippen LogP contribution is 2.26. The SMILES string of the molecule is O=[N+]([O-])c1nc(-c2ccccc2)n2ccccc12. The predicted molar refractivity (Wildman–Crippen MR) is 67.3 cm³/mol. The maximum absolute atomic E-state index is 11.0. The van der Waals surface area contributed by atoms with Crippen molar-refractivity contribution in [1.82, 2.24) is 9.38 Å². The number of nitro groups is 1. The van der Waals surface area contributed by atoms with Gasteiger partial charge in [-0.3, -0.25) is 4.40 Å².